The molecule has 0 N–H and O–H groups in total. The smallest absolute Gasteiger partial charge is 0.253 e. The van der Waals surface area contributed by atoms with Crippen molar-refractivity contribution in [3.05, 3.63) is 102 Å². The lowest BCUT2D eigenvalue weighted by atomic mass is 10.0. The van der Waals surface area contributed by atoms with Crippen LogP contribution in [0.15, 0.2) is 79.1 Å². The van der Waals surface area contributed by atoms with Gasteiger partial charge in [-0.15, -0.1) is 0 Å². The molecule has 2 amide bonds. The number of pyridine rings is 1. The predicted molar refractivity (Wildman–Crippen MR) is 158 cm³/mol. The second-order valence-corrected chi connectivity index (χ2v) is 10.6. The van der Waals surface area contributed by atoms with E-state index in [0.29, 0.717) is 37.4 Å². The third kappa shape index (κ3) is 5.69. The third-order valence-electron chi connectivity index (χ3n) is 7.54. The van der Waals surface area contributed by atoms with Crippen LogP contribution in [0.1, 0.15) is 32.1 Å². The molecule has 4 heterocycles. The summed E-state index contributed by atoms with van der Waals surface area (Å²) < 4.78 is 3.38. The Hall–Kier alpha value is -5.12. The monoisotopic (exact) mass is 561 g/mol. The minimum absolute atomic E-state index is 0.0117. The zero-order valence-electron chi connectivity index (χ0n) is 23.6. The lowest BCUT2D eigenvalue weighted by Crippen LogP contribution is -2.51. The van der Waals surface area contributed by atoms with Crippen molar-refractivity contribution >= 4 is 28.5 Å². The van der Waals surface area contributed by atoms with Gasteiger partial charge in [0.2, 0.25) is 5.91 Å². The van der Waals surface area contributed by atoms with Gasteiger partial charge in [-0.25, -0.2) is 4.98 Å². The Bertz CT molecular complexity index is 1780. The normalized spacial score (nSPS) is 13.5. The van der Waals surface area contributed by atoms with Gasteiger partial charge in [0.15, 0.2) is 5.78 Å². The van der Waals surface area contributed by atoms with Gasteiger partial charge in [-0.3, -0.25) is 23.7 Å². The van der Waals surface area contributed by atoms with Gasteiger partial charge in [0.05, 0.1) is 16.9 Å². The molecule has 1 aliphatic rings. The highest BCUT2D eigenvalue weighted by molar-refractivity contribution is 5.97. The van der Waals surface area contributed by atoms with E-state index >= 15 is 0 Å². The first kappa shape index (κ1) is 27.1. The number of fused-ring (bicyclic) bond motifs is 1. The predicted octanol–water partition coefficient (Wildman–Crippen LogP) is 3.55. The highest BCUT2D eigenvalue weighted by Crippen LogP contribution is 2.22. The summed E-state index contributed by atoms with van der Waals surface area (Å²) in [5.74, 6) is -0.132. The lowest BCUT2D eigenvalue weighted by Gasteiger charge is -2.34. The quantitative estimate of drug-likeness (QED) is 0.282. The molecule has 1 aliphatic heterocycles. The van der Waals surface area contributed by atoms with E-state index in [1.54, 1.807) is 25.2 Å². The number of nitrogens with zero attached hydrogens (tertiary/aromatic N) is 7. The van der Waals surface area contributed by atoms with Crippen LogP contribution < -0.4 is 0 Å². The van der Waals surface area contributed by atoms with Gasteiger partial charge in [-0.05, 0) is 48.9 Å². The summed E-state index contributed by atoms with van der Waals surface area (Å²) in [6.07, 6.45) is 3.93. The standard InChI is InChI=1S/C32H31N7O3/c1-22-26(20-36(2)34-22)28-9-6-10-29(33-28)30(40)18-23-11-12-27-25(17-23)19-39(35-27)21-31(41)37-13-15-38(16-14-37)32(42)24-7-4-3-5-8-24/h3-12,17,19-20H,13-16,18,21H2,1-2H3. The van der Waals surface area contributed by atoms with Crippen molar-refractivity contribution in [1.29, 1.82) is 0 Å². The minimum Gasteiger partial charge on any atom is -0.338 e. The van der Waals surface area contributed by atoms with E-state index in [1.807, 2.05) is 87.0 Å². The van der Waals surface area contributed by atoms with E-state index in [2.05, 4.69) is 15.2 Å². The van der Waals surface area contributed by atoms with Gasteiger partial charge in [-0.2, -0.15) is 10.2 Å². The van der Waals surface area contributed by atoms with Crippen LogP contribution in [0.3, 0.4) is 0 Å². The Morgan fingerprint density at radius 3 is 2.33 bits per heavy atom. The summed E-state index contributed by atoms with van der Waals surface area (Å²) in [7, 11) is 1.86. The fraction of sp³-hybridized carbons (Fsp3) is 0.250. The van der Waals surface area contributed by atoms with Crippen LogP contribution in [0.2, 0.25) is 0 Å². The number of benzene rings is 2. The summed E-state index contributed by atoms with van der Waals surface area (Å²) in [6.45, 7) is 4.00. The summed E-state index contributed by atoms with van der Waals surface area (Å²) in [5.41, 5.74) is 5.15. The van der Waals surface area contributed by atoms with Gasteiger partial charge in [-0.1, -0.05) is 30.3 Å². The van der Waals surface area contributed by atoms with Crippen LogP contribution in [-0.2, 0) is 24.8 Å². The van der Waals surface area contributed by atoms with E-state index in [4.69, 9.17) is 0 Å². The Balaban J connectivity index is 1.07. The van der Waals surface area contributed by atoms with E-state index in [0.717, 1.165) is 33.4 Å². The topological polar surface area (TPSA) is 106 Å². The molecule has 0 atom stereocenters. The molecule has 212 valence electrons. The van der Waals surface area contributed by atoms with Crippen molar-refractivity contribution in [2.24, 2.45) is 7.05 Å². The van der Waals surface area contributed by atoms with Crippen molar-refractivity contribution in [3.8, 4) is 11.3 Å². The van der Waals surface area contributed by atoms with Gasteiger partial charge in [0.25, 0.3) is 5.91 Å². The molecule has 5 aromatic rings. The molecule has 0 aliphatic carbocycles. The van der Waals surface area contributed by atoms with Gasteiger partial charge in [0.1, 0.15) is 12.2 Å². The summed E-state index contributed by atoms with van der Waals surface area (Å²) in [4.78, 5) is 47.0. The summed E-state index contributed by atoms with van der Waals surface area (Å²) in [5, 5.41) is 9.79. The molecule has 0 spiro atoms. The molecule has 10 heteroatoms. The van der Waals surface area contributed by atoms with Crippen LogP contribution in [0.5, 0.6) is 0 Å². The van der Waals surface area contributed by atoms with Crippen molar-refractivity contribution in [1.82, 2.24) is 34.3 Å². The van der Waals surface area contributed by atoms with Gasteiger partial charge in [0, 0.05) is 68.6 Å². The molecule has 6 rings (SSSR count). The van der Waals surface area contributed by atoms with Crippen LogP contribution in [0.4, 0.5) is 0 Å². The number of Topliss-reactive ketones (excluding diaryl/α,β-unsaturated/α-hetero) is 1. The van der Waals surface area contributed by atoms with E-state index < -0.39 is 0 Å². The van der Waals surface area contributed by atoms with Crippen LogP contribution in [0, 0.1) is 6.92 Å². The van der Waals surface area contributed by atoms with Crippen LogP contribution in [0.25, 0.3) is 22.2 Å². The molecule has 0 unspecified atom stereocenters. The fourth-order valence-electron chi connectivity index (χ4n) is 5.35. The number of amides is 2. The maximum atomic E-state index is 13.1. The molecular weight excluding hydrogens is 530 g/mol. The van der Waals surface area contributed by atoms with Crippen LogP contribution in [-0.4, -0.2) is 78.1 Å². The zero-order valence-corrected chi connectivity index (χ0v) is 23.6. The number of carbonyl (C=O) groups is 3. The average molecular weight is 562 g/mol. The molecule has 1 saturated heterocycles. The highest BCUT2D eigenvalue weighted by atomic mass is 16.2. The molecule has 10 nitrogen and oxygen atoms in total. The zero-order chi connectivity index (χ0) is 29.2. The maximum absolute atomic E-state index is 13.1. The van der Waals surface area contributed by atoms with Crippen LogP contribution >= 0.6 is 0 Å². The van der Waals surface area contributed by atoms with Crippen molar-refractivity contribution in [2.75, 3.05) is 26.2 Å². The van der Waals surface area contributed by atoms with Crippen molar-refractivity contribution in [2.45, 2.75) is 19.9 Å². The number of aromatic nitrogens is 5. The number of piperazine rings is 1. The first-order valence-corrected chi connectivity index (χ1v) is 13.9. The lowest BCUT2D eigenvalue weighted by molar-refractivity contribution is -0.133. The second-order valence-electron chi connectivity index (χ2n) is 10.6. The maximum Gasteiger partial charge on any atom is 0.253 e. The molecule has 1 fully saturated rings. The average Bonchev–Trinajstić information content (AvgIpc) is 3.57. The van der Waals surface area contributed by atoms with Gasteiger partial charge >= 0.3 is 0 Å². The van der Waals surface area contributed by atoms with Crippen molar-refractivity contribution < 1.29 is 14.4 Å². The van der Waals surface area contributed by atoms with E-state index in [1.165, 1.54) is 0 Å². The minimum atomic E-state index is -0.0785. The van der Waals surface area contributed by atoms with E-state index in [-0.39, 0.29) is 30.6 Å². The molecule has 0 radical (unpaired) electrons. The molecule has 3 aromatic heterocycles. The summed E-state index contributed by atoms with van der Waals surface area (Å²) in [6, 6.07) is 20.3. The number of ketones is 1. The molecule has 42 heavy (non-hydrogen) atoms. The number of carbonyl (C=O) groups excluding carboxylic acids is 3. The third-order valence-corrected chi connectivity index (χ3v) is 7.54. The number of aryl methyl sites for hydroxylation is 2. The Morgan fingerprint density at radius 2 is 1.60 bits per heavy atom. The van der Waals surface area contributed by atoms with Gasteiger partial charge < -0.3 is 9.80 Å². The SMILES string of the molecule is Cc1nn(C)cc1-c1cccc(C(=O)Cc2ccc3nn(CC(=O)N4CCN(C(=O)c5ccccc5)CC4)cc3c2)n1. The first-order chi connectivity index (χ1) is 20.3. The highest BCUT2D eigenvalue weighted by Gasteiger charge is 2.25. The number of rotatable bonds is 7. The Morgan fingerprint density at radius 1 is 0.833 bits per heavy atom. The Kier molecular flexibility index (Phi) is 7.35. The van der Waals surface area contributed by atoms with E-state index in [9.17, 15) is 14.4 Å². The second kappa shape index (κ2) is 11.4. The first-order valence-electron chi connectivity index (χ1n) is 13.9. The largest absolute Gasteiger partial charge is 0.338 e. The number of hydrogen-bond acceptors (Lipinski definition) is 6. The Labute approximate surface area is 243 Å². The molecule has 0 bridgehead atoms. The molecule has 2 aromatic carbocycles. The number of hydrogen-bond donors (Lipinski definition) is 0. The molecular formula is C32H31N7O3. The summed E-state index contributed by atoms with van der Waals surface area (Å²) >= 11 is 0. The molecule has 0 saturated carbocycles. The van der Waals surface area contributed by atoms with Crippen molar-refractivity contribution in [3.63, 3.8) is 0 Å². The fourth-order valence-corrected chi connectivity index (χ4v) is 5.35.